The van der Waals surface area contributed by atoms with Gasteiger partial charge in [-0.15, -0.1) is 10.2 Å². The fourth-order valence-electron chi connectivity index (χ4n) is 3.01. The number of aromatic nitrogens is 4. The maximum atomic E-state index is 13.6. The van der Waals surface area contributed by atoms with Gasteiger partial charge < -0.3 is 5.73 Å². The molecule has 5 rings (SSSR count). The van der Waals surface area contributed by atoms with Gasteiger partial charge in [0.1, 0.15) is 5.82 Å². The maximum absolute atomic E-state index is 13.6. The normalized spacial score (nSPS) is 13.6. The Labute approximate surface area is 161 Å². The first-order chi connectivity index (χ1) is 13.2. The minimum atomic E-state index is -0.271. The van der Waals surface area contributed by atoms with E-state index in [1.54, 1.807) is 10.7 Å². The molecular weight excluding hydrogens is 383 g/mol. The molecule has 0 unspecified atom stereocenters. The van der Waals surface area contributed by atoms with Crippen LogP contribution in [0.2, 0.25) is 0 Å². The zero-order valence-corrected chi connectivity index (χ0v) is 15.6. The molecule has 3 heterocycles. The standard InChI is InChI=1S/C18H13FN6S2/c19-11-4-1-3-10(9-11)12-7-8-15-22-23-18(25(15)24-12)27-14-6-2-5-13-16(14)21-17(20)26-13/h1-6,9H,7-8H2,(H2,20,21). The molecule has 0 saturated carbocycles. The first kappa shape index (κ1) is 16.4. The van der Waals surface area contributed by atoms with E-state index >= 15 is 0 Å². The van der Waals surface area contributed by atoms with Gasteiger partial charge in [0.05, 0.1) is 15.9 Å². The predicted octanol–water partition coefficient (Wildman–Crippen LogP) is 3.96. The van der Waals surface area contributed by atoms with Crippen LogP contribution < -0.4 is 5.73 Å². The van der Waals surface area contributed by atoms with Gasteiger partial charge in [0, 0.05) is 16.9 Å². The number of halogens is 1. The molecule has 2 aromatic heterocycles. The highest BCUT2D eigenvalue weighted by Gasteiger charge is 2.21. The summed E-state index contributed by atoms with van der Waals surface area (Å²) in [7, 11) is 0. The Balaban J connectivity index is 1.54. The van der Waals surface area contributed by atoms with Crippen molar-refractivity contribution >= 4 is 44.2 Å². The highest BCUT2D eigenvalue weighted by atomic mass is 32.2. The first-order valence-electron chi connectivity index (χ1n) is 8.28. The number of para-hydroxylation sites is 1. The average Bonchev–Trinajstić information content (AvgIpc) is 3.24. The molecule has 0 amide bonds. The van der Waals surface area contributed by atoms with Crippen molar-refractivity contribution in [1.29, 1.82) is 0 Å². The number of rotatable bonds is 3. The second kappa shape index (κ2) is 6.43. The second-order valence-electron chi connectivity index (χ2n) is 6.02. The van der Waals surface area contributed by atoms with Crippen molar-refractivity contribution in [3.05, 3.63) is 59.7 Å². The summed E-state index contributed by atoms with van der Waals surface area (Å²) in [5.74, 6) is 0.523. The highest BCUT2D eigenvalue weighted by molar-refractivity contribution is 7.99. The average molecular weight is 396 g/mol. The maximum Gasteiger partial charge on any atom is 0.216 e. The Morgan fingerprint density at radius 1 is 1.11 bits per heavy atom. The largest absolute Gasteiger partial charge is 0.375 e. The van der Waals surface area contributed by atoms with E-state index in [4.69, 9.17) is 5.73 Å². The van der Waals surface area contributed by atoms with Gasteiger partial charge in [-0.05, 0) is 42.4 Å². The summed E-state index contributed by atoms with van der Waals surface area (Å²) in [6.45, 7) is 0. The highest BCUT2D eigenvalue weighted by Crippen LogP contribution is 2.36. The smallest absolute Gasteiger partial charge is 0.216 e. The van der Waals surface area contributed by atoms with Crippen molar-refractivity contribution < 1.29 is 4.39 Å². The van der Waals surface area contributed by atoms with E-state index in [1.165, 1.54) is 35.2 Å². The zero-order chi connectivity index (χ0) is 18.4. The van der Waals surface area contributed by atoms with Gasteiger partial charge >= 0.3 is 0 Å². The second-order valence-corrected chi connectivity index (χ2v) is 8.10. The van der Waals surface area contributed by atoms with Gasteiger partial charge in [-0.2, -0.15) is 9.78 Å². The molecular formula is C18H13FN6S2. The quantitative estimate of drug-likeness (QED) is 0.567. The van der Waals surface area contributed by atoms with Crippen LogP contribution >= 0.6 is 23.1 Å². The van der Waals surface area contributed by atoms with Crippen LogP contribution in [-0.2, 0) is 6.42 Å². The molecule has 2 N–H and O–H groups in total. The molecule has 27 heavy (non-hydrogen) atoms. The molecule has 6 nitrogen and oxygen atoms in total. The molecule has 4 aromatic rings. The number of aryl methyl sites for hydroxylation is 1. The van der Waals surface area contributed by atoms with Crippen molar-refractivity contribution in [2.45, 2.75) is 22.9 Å². The number of hydrogen-bond acceptors (Lipinski definition) is 7. The first-order valence-corrected chi connectivity index (χ1v) is 9.91. The van der Waals surface area contributed by atoms with E-state index in [2.05, 4.69) is 20.3 Å². The number of nitrogens with two attached hydrogens (primary N) is 1. The summed E-state index contributed by atoms with van der Waals surface area (Å²) in [6.07, 6.45) is 1.40. The lowest BCUT2D eigenvalue weighted by atomic mass is 10.0. The van der Waals surface area contributed by atoms with Crippen LogP contribution in [0, 0.1) is 5.82 Å². The van der Waals surface area contributed by atoms with Crippen LogP contribution in [0.15, 0.2) is 57.6 Å². The van der Waals surface area contributed by atoms with Crippen LogP contribution in [0.4, 0.5) is 9.52 Å². The molecule has 0 aliphatic carbocycles. The van der Waals surface area contributed by atoms with E-state index in [0.29, 0.717) is 23.1 Å². The minimum Gasteiger partial charge on any atom is -0.375 e. The molecule has 2 aromatic carbocycles. The summed E-state index contributed by atoms with van der Waals surface area (Å²) < 4.78 is 16.3. The SMILES string of the molecule is Nc1nc2c(Sc3nnc4n3N=C(c3cccc(F)c3)CC4)cccc2s1. The Morgan fingerprint density at radius 2 is 2.00 bits per heavy atom. The Kier molecular flexibility index (Phi) is 3.91. The fourth-order valence-corrected chi connectivity index (χ4v) is 4.74. The van der Waals surface area contributed by atoms with Crippen molar-refractivity contribution in [2.24, 2.45) is 5.10 Å². The third-order valence-electron chi connectivity index (χ3n) is 4.24. The number of anilines is 1. The van der Waals surface area contributed by atoms with Crippen LogP contribution in [0.25, 0.3) is 10.2 Å². The molecule has 0 atom stereocenters. The van der Waals surface area contributed by atoms with Gasteiger partial charge in [0.25, 0.3) is 0 Å². The molecule has 0 saturated heterocycles. The topological polar surface area (TPSA) is 82.0 Å². The predicted molar refractivity (Wildman–Crippen MR) is 105 cm³/mol. The Hall–Kier alpha value is -2.78. The lowest BCUT2D eigenvalue weighted by molar-refractivity contribution is 0.627. The van der Waals surface area contributed by atoms with Crippen molar-refractivity contribution in [2.75, 3.05) is 5.73 Å². The number of fused-ring (bicyclic) bond motifs is 2. The molecule has 1 aliphatic rings. The van der Waals surface area contributed by atoms with Crippen LogP contribution in [-0.4, -0.2) is 25.6 Å². The van der Waals surface area contributed by atoms with Crippen molar-refractivity contribution in [1.82, 2.24) is 19.9 Å². The van der Waals surface area contributed by atoms with Crippen LogP contribution in [0.3, 0.4) is 0 Å². The molecule has 1 aliphatic heterocycles. The monoisotopic (exact) mass is 396 g/mol. The van der Waals surface area contributed by atoms with E-state index < -0.39 is 0 Å². The van der Waals surface area contributed by atoms with Gasteiger partial charge in [-0.25, -0.2) is 9.37 Å². The third-order valence-corrected chi connectivity index (χ3v) is 6.08. The van der Waals surface area contributed by atoms with Crippen molar-refractivity contribution in [3.8, 4) is 0 Å². The Bertz CT molecular complexity index is 1200. The summed E-state index contributed by atoms with van der Waals surface area (Å²) >= 11 is 2.90. The van der Waals surface area contributed by atoms with Crippen LogP contribution in [0.1, 0.15) is 17.8 Å². The van der Waals surface area contributed by atoms with Gasteiger partial charge in [0.2, 0.25) is 5.16 Å². The van der Waals surface area contributed by atoms with E-state index in [1.807, 2.05) is 24.3 Å². The van der Waals surface area contributed by atoms with E-state index in [0.717, 1.165) is 32.2 Å². The van der Waals surface area contributed by atoms with Crippen molar-refractivity contribution in [3.63, 3.8) is 0 Å². The summed E-state index contributed by atoms with van der Waals surface area (Å²) in [5.41, 5.74) is 8.30. The summed E-state index contributed by atoms with van der Waals surface area (Å²) in [6, 6.07) is 12.4. The summed E-state index contributed by atoms with van der Waals surface area (Å²) in [4.78, 5) is 5.37. The number of thiazole rings is 1. The number of benzene rings is 2. The Morgan fingerprint density at radius 3 is 2.89 bits per heavy atom. The lowest BCUT2D eigenvalue weighted by Crippen LogP contribution is -2.15. The van der Waals surface area contributed by atoms with Gasteiger partial charge in [0.15, 0.2) is 11.0 Å². The number of nitrogens with zero attached hydrogens (tertiary/aromatic N) is 5. The van der Waals surface area contributed by atoms with Gasteiger partial charge in [-0.3, -0.25) is 0 Å². The van der Waals surface area contributed by atoms with Crippen LogP contribution in [0.5, 0.6) is 0 Å². The molecule has 0 spiro atoms. The molecule has 9 heteroatoms. The molecule has 134 valence electrons. The molecule has 0 fully saturated rings. The number of hydrogen-bond donors (Lipinski definition) is 1. The lowest BCUT2D eigenvalue weighted by Gasteiger charge is -2.14. The fraction of sp³-hybridized carbons (Fsp3) is 0.111. The third kappa shape index (κ3) is 2.98. The van der Waals surface area contributed by atoms with E-state index in [-0.39, 0.29) is 5.82 Å². The zero-order valence-electron chi connectivity index (χ0n) is 14.0. The minimum absolute atomic E-state index is 0.271. The molecule has 0 radical (unpaired) electrons. The van der Waals surface area contributed by atoms with E-state index in [9.17, 15) is 4.39 Å². The molecule has 0 bridgehead atoms. The van der Waals surface area contributed by atoms with Gasteiger partial charge in [-0.1, -0.05) is 29.5 Å². The summed E-state index contributed by atoms with van der Waals surface area (Å²) in [5, 5.41) is 14.4. The number of nitrogen functional groups attached to an aromatic ring is 1.